The monoisotopic (exact) mass is 293 g/mol. The van der Waals surface area contributed by atoms with Crippen LogP contribution in [0.1, 0.15) is 58.3 Å². The predicted molar refractivity (Wildman–Crippen MR) is 76.4 cm³/mol. The highest BCUT2D eigenvalue weighted by Gasteiger charge is 2.03. The Morgan fingerprint density at radius 1 is 1.05 bits per heavy atom. The van der Waals surface area contributed by atoms with Gasteiger partial charge in [0.1, 0.15) is 0 Å². The molecule has 0 unspecified atom stereocenters. The van der Waals surface area contributed by atoms with Crippen molar-refractivity contribution in [2.24, 2.45) is 0 Å². The van der Waals surface area contributed by atoms with Gasteiger partial charge in [0.2, 0.25) is 5.91 Å². The van der Waals surface area contributed by atoms with Crippen molar-refractivity contribution in [3.05, 3.63) is 0 Å². The molecule has 1 amide bonds. The van der Waals surface area contributed by atoms with Crippen LogP contribution in [0, 0.1) is 0 Å². The minimum absolute atomic E-state index is 0.0369. The van der Waals surface area contributed by atoms with Crippen LogP contribution in [0.15, 0.2) is 0 Å². The van der Waals surface area contributed by atoms with Crippen molar-refractivity contribution < 1.29 is 17.4 Å². The fourth-order valence-corrected chi connectivity index (χ4v) is 2.06. The van der Waals surface area contributed by atoms with Crippen molar-refractivity contribution in [3.8, 4) is 0 Å². The van der Waals surface area contributed by atoms with Crippen molar-refractivity contribution in [2.45, 2.75) is 58.3 Å². The molecule has 0 aromatic heterocycles. The van der Waals surface area contributed by atoms with Crippen LogP contribution >= 0.6 is 0 Å². The van der Waals surface area contributed by atoms with Crippen molar-refractivity contribution in [1.82, 2.24) is 5.32 Å². The molecule has 0 aliphatic heterocycles. The summed E-state index contributed by atoms with van der Waals surface area (Å²) >= 11 is 0. The molecule has 0 radical (unpaired) electrons. The van der Waals surface area contributed by atoms with Crippen LogP contribution in [0.5, 0.6) is 0 Å². The molecule has 0 aromatic carbocycles. The molecule has 6 heteroatoms. The SMILES string of the molecule is CCCCCCCNC(=O)CCCCOS(C)(=O)=O. The van der Waals surface area contributed by atoms with Gasteiger partial charge in [0.05, 0.1) is 12.9 Å². The number of carbonyl (C=O) groups is 1. The zero-order valence-corrected chi connectivity index (χ0v) is 12.9. The maximum absolute atomic E-state index is 11.4. The summed E-state index contributed by atoms with van der Waals surface area (Å²) in [5.41, 5.74) is 0. The largest absolute Gasteiger partial charge is 0.356 e. The zero-order chi connectivity index (χ0) is 14.6. The standard InChI is InChI=1S/C13H27NO4S/c1-3-4-5-6-8-11-14-13(15)10-7-9-12-18-19(2,16)17/h3-12H2,1-2H3,(H,14,15). The predicted octanol–water partition coefficient (Wildman–Crippen LogP) is 2.22. The molecule has 0 aliphatic carbocycles. The lowest BCUT2D eigenvalue weighted by molar-refractivity contribution is -0.121. The van der Waals surface area contributed by atoms with Crippen LogP contribution in [-0.2, 0) is 19.1 Å². The molecular weight excluding hydrogens is 266 g/mol. The molecule has 0 aromatic rings. The quantitative estimate of drug-likeness (QED) is 0.442. The summed E-state index contributed by atoms with van der Waals surface area (Å²) in [5, 5.41) is 2.87. The van der Waals surface area contributed by atoms with Crippen molar-refractivity contribution >= 4 is 16.0 Å². The van der Waals surface area contributed by atoms with Crippen molar-refractivity contribution in [3.63, 3.8) is 0 Å². The van der Waals surface area contributed by atoms with E-state index in [1.807, 2.05) is 0 Å². The molecule has 0 rings (SSSR count). The lowest BCUT2D eigenvalue weighted by Gasteiger charge is -2.05. The van der Waals surface area contributed by atoms with E-state index < -0.39 is 10.1 Å². The van der Waals surface area contributed by atoms with Crippen LogP contribution < -0.4 is 5.32 Å². The van der Waals surface area contributed by atoms with Gasteiger partial charge in [-0.25, -0.2) is 0 Å². The highest BCUT2D eigenvalue weighted by Crippen LogP contribution is 2.02. The summed E-state index contributed by atoms with van der Waals surface area (Å²) in [7, 11) is -3.35. The fraction of sp³-hybridized carbons (Fsp3) is 0.923. The van der Waals surface area contributed by atoms with Gasteiger partial charge in [0.25, 0.3) is 10.1 Å². The van der Waals surface area contributed by atoms with E-state index in [1.54, 1.807) is 0 Å². The lowest BCUT2D eigenvalue weighted by Crippen LogP contribution is -2.24. The fourth-order valence-electron chi connectivity index (χ4n) is 1.64. The molecule has 114 valence electrons. The van der Waals surface area contributed by atoms with E-state index in [4.69, 9.17) is 0 Å². The Balaban J connectivity index is 3.30. The van der Waals surface area contributed by atoms with Gasteiger partial charge in [-0.2, -0.15) is 8.42 Å². The van der Waals surface area contributed by atoms with E-state index in [0.717, 1.165) is 25.6 Å². The highest BCUT2D eigenvalue weighted by molar-refractivity contribution is 7.85. The summed E-state index contributed by atoms with van der Waals surface area (Å²) in [6.07, 6.45) is 8.60. The molecule has 0 spiro atoms. The Hall–Kier alpha value is -0.620. The van der Waals surface area contributed by atoms with Gasteiger partial charge in [0.15, 0.2) is 0 Å². The average molecular weight is 293 g/mol. The molecule has 0 saturated carbocycles. The number of hydrogen-bond donors (Lipinski definition) is 1. The number of hydrogen-bond acceptors (Lipinski definition) is 4. The molecule has 0 bridgehead atoms. The second-order valence-corrected chi connectivity index (χ2v) is 6.39. The zero-order valence-electron chi connectivity index (χ0n) is 12.1. The smallest absolute Gasteiger partial charge is 0.264 e. The van der Waals surface area contributed by atoms with Crippen LogP contribution in [0.25, 0.3) is 0 Å². The summed E-state index contributed by atoms with van der Waals surface area (Å²) in [4.78, 5) is 11.4. The summed E-state index contributed by atoms with van der Waals surface area (Å²) < 4.78 is 25.9. The first kappa shape index (κ1) is 18.4. The number of unbranched alkanes of at least 4 members (excludes halogenated alkanes) is 5. The Morgan fingerprint density at radius 3 is 2.37 bits per heavy atom. The van der Waals surface area contributed by atoms with Crippen LogP contribution in [-0.4, -0.2) is 33.7 Å². The maximum atomic E-state index is 11.4. The maximum Gasteiger partial charge on any atom is 0.264 e. The van der Waals surface area contributed by atoms with Gasteiger partial charge >= 0.3 is 0 Å². The van der Waals surface area contributed by atoms with Crippen molar-refractivity contribution in [1.29, 1.82) is 0 Å². The molecule has 5 nitrogen and oxygen atoms in total. The first-order valence-electron chi connectivity index (χ1n) is 7.07. The van der Waals surface area contributed by atoms with Gasteiger partial charge in [-0.05, 0) is 19.3 Å². The number of amides is 1. The summed E-state index contributed by atoms with van der Waals surface area (Å²) in [6.45, 7) is 3.07. The van der Waals surface area contributed by atoms with E-state index in [-0.39, 0.29) is 12.5 Å². The third-order valence-corrected chi connectivity index (χ3v) is 3.29. The summed E-state index contributed by atoms with van der Waals surface area (Å²) in [6, 6.07) is 0. The first-order chi connectivity index (χ1) is 8.95. The van der Waals surface area contributed by atoms with Crippen LogP contribution in [0.4, 0.5) is 0 Å². The van der Waals surface area contributed by atoms with E-state index >= 15 is 0 Å². The van der Waals surface area contributed by atoms with Crippen molar-refractivity contribution in [2.75, 3.05) is 19.4 Å². The third kappa shape index (κ3) is 15.3. The Labute approximate surface area is 117 Å². The summed E-state index contributed by atoms with van der Waals surface area (Å²) in [5.74, 6) is 0.0369. The first-order valence-corrected chi connectivity index (χ1v) is 8.88. The highest BCUT2D eigenvalue weighted by atomic mass is 32.2. The minimum Gasteiger partial charge on any atom is -0.356 e. The van der Waals surface area contributed by atoms with Gasteiger partial charge in [-0.3, -0.25) is 8.98 Å². The molecule has 0 saturated heterocycles. The van der Waals surface area contributed by atoms with Crippen LogP contribution in [0.3, 0.4) is 0 Å². The lowest BCUT2D eigenvalue weighted by atomic mass is 10.1. The second-order valence-electron chi connectivity index (χ2n) is 4.75. The van der Waals surface area contributed by atoms with Gasteiger partial charge < -0.3 is 5.32 Å². The average Bonchev–Trinajstić information content (AvgIpc) is 2.31. The molecule has 1 N–H and O–H groups in total. The second kappa shape index (κ2) is 11.2. The Kier molecular flexibility index (Phi) is 10.9. The Bertz CT molecular complexity index is 328. The normalized spacial score (nSPS) is 11.5. The van der Waals surface area contributed by atoms with E-state index in [2.05, 4.69) is 16.4 Å². The van der Waals surface area contributed by atoms with E-state index in [1.165, 1.54) is 19.3 Å². The number of carbonyl (C=O) groups excluding carboxylic acids is 1. The molecule has 0 fully saturated rings. The third-order valence-electron chi connectivity index (χ3n) is 2.70. The van der Waals surface area contributed by atoms with Gasteiger partial charge in [-0.1, -0.05) is 32.6 Å². The number of nitrogens with one attached hydrogen (secondary N) is 1. The number of rotatable bonds is 12. The van der Waals surface area contributed by atoms with Gasteiger partial charge in [0, 0.05) is 13.0 Å². The molecule has 0 aliphatic rings. The molecule has 0 atom stereocenters. The van der Waals surface area contributed by atoms with E-state index in [0.29, 0.717) is 19.3 Å². The minimum atomic E-state index is -3.35. The van der Waals surface area contributed by atoms with E-state index in [9.17, 15) is 13.2 Å². The molecular formula is C13H27NO4S. The topological polar surface area (TPSA) is 72.5 Å². The molecule has 19 heavy (non-hydrogen) atoms. The van der Waals surface area contributed by atoms with Crippen LogP contribution in [0.2, 0.25) is 0 Å². The Morgan fingerprint density at radius 2 is 1.74 bits per heavy atom. The van der Waals surface area contributed by atoms with Gasteiger partial charge in [-0.15, -0.1) is 0 Å². The molecule has 0 heterocycles.